The number of hydrogen-bond acceptors (Lipinski definition) is 10. The summed E-state index contributed by atoms with van der Waals surface area (Å²) in [5.74, 6) is 0. The summed E-state index contributed by atoms with van der Waals surface area (Å²) in [6, 6.07) is 3.64. The van der Waals surface area contributed by atoms with Gasteiger partial charge >= 0.3 is 17.6 Å². The van der Waals surface area contributed by atoms with Gasteiger partial charge in [0.15, 0.2) is 0 Å². The standard InChI is InChI=1S/C28H44N2O10Si2/c1-7-35-41(36-8-2,37-9-3)17-13-15-29-25(31)21-19-23-24(20-22(21)26(29)32)28(34)30(27(23)33)16-14-18-42(38-10-4,39-11-5)40-12-6/h19-20H,7-18H2,1-6H3. The molecule has 2 aromatic heterocycles. The van der Waals surface area contributed by atoms with Crippen LogP contribution in [0.5, 0.6) is 0 Å². The van der Waals surface area contributed by atoms with Crippen molar-refractivity contribution in [3.05, 3.63) is 53.5 Å². The van der Waals surface area contributed by atoms with Crippen LogP contribution in [0.1, 0.15) is 54.4 Å². The first-order valence-electron chi connectivity index (χ1n) is 14.9. The van der Waals surface area contributed by atoms with E-state index in [-0.39, 0.29) is 34.6 Å². The predicted molar refractivity (Wildman–Crippen MR) is 165 cm³/mol. The van der Waals surface area contributed by atoms with Gasteiger partial charge in [-0.15, -0.1) is 0 Å². The Hall–Kier alpha value is -2.31. The molecule has 0 unspecified atom stereocenters. The van der Waals surface area contributed by atoms with Crippen molar-refractivity contribution in [1.82, 2.24) is 9.13 Å². The number of fused-ring (bicyclic) bond motifs is 2. The third-order valence-corrected chi connectivity index (χ3v) is 13.3. The molecule has 0 spiro atoms. The molecule has 12 nitrogen and oxygen atoms in total. The highest BCUT2D eigenvalue weighted by Gasteiger charge is 2.40. The van der Waals surface area contributed by atoms with E-state index >= 15 is 0 Å². The second-order valence-electron chi connectivity index (χ2n) is 9.64. The highest BCUT2D eigenvalue weighted by atomic mass is 28.4. The minimum absolute atomic E-state index is 0.125. The Labute approximate surface area is 247 Å². The van der Waals surface area contributed by atoms with Crippen molar-refractivity contribution in [2.45, 2.75) is 79.6 Å². The Balaban J connectivity index is 1.87. The SMILES string of the molecule is CCO[Si](CCCn1c(=O)c2cc3c(=O)n(CCC[Si](OCC)(OCC)OCC)c(=O)c3cc2c1=O)(OCC)OCC. The molecule has 2 heterocycles. The van der Waals surface area contributed by atoms with Crippen molar-refractivity contribution in [2.24, 2.45) is 0 Å². The number of aromatic nitrogens is 2. The fraction of sp³-hybridized carbons (Fsp3) is 0.643. The van der Waals surface area contributed by atoms with Gasteiger partial charge in [-0.3, -0.25) is 28.3 Å². The van der Waals surface area contributed by atoms with E-state index in [4.69, 9.17) is 26.6 Å². The van der Waals surface area contributed by atoms with Gasteiger partial charge in [-0.05, 0) is 66.5 Å². The average molecular weight is 625 g/mol. The molecule has 0 amide bonds. The molecule has 234 valence electrons. The minimum atomic E-state index is -2.93. The van der Waals surface area contributed by atoms with Gasteiger partial charge in [0.2, 0.25) is 0 Å². The van der Waals surface area contributed by atoms with E-state index in [1.54, 1.807) is 0 Å². The van der Waals surface area contributed by atoms with Crippen molar-refractivity contribution in [1.29, 1.82) is 0 Å². The zero-order valence-corrected chi connectivity index (χ0v) is 27.6. The van der Waals surface area contributed by atoms with Crippen molar-refractivity contribution in [2.75, 3.05) is 39.6 Å². The fourth-order valence-electron chi connectivity index (χ4n) is 5.39. The molecule has 0 radical (unpaired) electrons. The molecule has 0 saturated heterocycles. The highest BCUT2D eigenvalue weighted by molar-refractivity contribution is 6.61. The lowest BCUT2D eigenvalue weighted by atomic mass is 10.1. The van der Waals surface area contributed by atoms with E-state index in [9.17, 15) is 19.2 Å². The maximum atomic E-state index is 13.3. The molecule has 0 aliphatic rings. The second-order valence-corrected chi connectivity index (χ2v) is 15.1. The molecule has 0 fully saturated rings. The van der Waals surface area contributed by atoms with Crippen molar-refractivity contribution >= 4 is 39.2 Å². The maximum Gasteiger partial charge on any atom is 0.500 e. The van der Waals surface area contributed by atoms with E-state index in [1.807, 2.05) is 41.5 Å². The molecule has 0 N–H and O–H groups in total. The molecular weight excluding hydrogens is 580 g/mol. The normalized spacial score (nSPS) is 12.7. The van der Waals surface area contributed by atoms with Gasteiger partial charge in [-0.1, -0.05) is 0 Å². The monoisotopic (exact) mass is 624 g/mol. The third-order valence-electron chi connectivity index (χ3n) is 6.97. The molecule has 3 aromatic rings. The molecular formula is C28H44N2O10Si2. The summed E-state index contributed by atoms with van der Waals surface area (Å²) in [6.45, 7) is 14.0. The smallest absolute Gasteiger partial charge is 0.374 e. The van der Waals surface area contributed by atoms with Gasteiger partial charge < -0.3 is 26.6 Å². The van der Waals surface area contributed by atoms with Crippen LogP contribution in [0.2, 0.25) is 12.1 Å². The van der Waals surface area contributed by atoms with Crippen LogP contribution in [-0.2, 0) is 39.6 Å². The van der Waals surface area contributed by atoms with Crippen molar-refractivity contribution in [3.8, 4) is 0 Å². The van der Waals surface area contributed by atoms with Gasteiger partial charge in [0.1, 0.15) is 0 Å². The van der Waals surface area contributed by atoms with Crippen LogP contribution in [0.4, 0.5) is 0 Å². The topological polar surface area (TPSA) is 134 Å². The summed E-state index contributed by atoms with van der Waals surface area (Å²) in [4.78, 5) is 53.0. The third kappa shape index (κ3) is 7.25. The average Bonchev–Trinajstić information content (AvgIpc) is 3.32. The molecule has 14 heteroatoms. The van der Waals surface area contributed by atoms with Crippen LogP contribution in [0, 0.1) is 0 Å². The minimum Gasteiger partial charge on any atom is -0.374 e. The van der Waals surface area contributed by atoms with Gasteiger partial charge in [-0.2, -0.15) is 0 Å². The summed E-state index contributed by atoms with van der Waals surface area (Å²) in [5, 5.41) is 0.501. The maximum absolute atomic E-state index is 13.3. The first-order chi connectivity index (χ1) is 20.2. The Bertz CT molecular complexity index is 1300. The van der Waals surface area contributed by atoms with Gasteiger partial charge in [0.05, 0.1) is 21.5 Å². The van der Waals surface area contributed by atoms with Crippen molar-refractivity contribution < 1.29 is 26.6 Å². The molecule has 1 aromatic carbocycles. The molecule has 0 saturated carbocycles. The zero-order chi connectivity index (χ0) is 30.9. The largest absolute Gasteiger partial charge is 0.500 e. The van der Waals surface area contributed by atoms with E-state index in [2.05, 4.69) is 0 Å². The summed E-state index contributed by atoms with van der Waals surface area (Å²) in [5.41, 5.74) is -1.97. The van der Waals surface area contributed by atoms with Crippen LogP contribution in [0.25, 0.3) is 21.5 Å². The quantitative estimate of drug-likeness (QED) is 0.173. The summed E-state index contributed by atoms with van der Waals surface area (Å²) in [6.07, 6.45) is 0.859. The Morgan fingerprint density at radius 3 is 0.929 bits per heavy atom. The van der Waals surface area contributed by atoms with Crippen LogP contribution in [0.15, 0.2) is 31.3 Å². The lowest BCUT2D eigenvalue weighted by molar-refractivity contribution is 0.0697. The van der Waals surface area contributed by atoms with E-state index in [0.29, 0.717) is 64.6 Å². The number of nitrogens with zero attached hydrogens (tertiary/aromatic N) is 2. The van der Waals surface area contributed by atoms with E-state index in [1.165, 1.54) is 12.1 Å². The van der Waals surface area contributed by atoms with Gasteiger partial charge in [0, 0.05) is 64.8 Å². The molecule has 0 bridgehead atoms. The first-order valence-corrected chi connectivity index (χ1v) is 18.8. The Kier molecular flexibility index (Phi) is 12.6. The second kappa shape index (κ2) is 15.4. The molecule has 0 atom stereocenters. The molecule has 0 aliphatic carbocycles. The van der Waals surface area contributed by atoms with Crippen LogP contribution in [0.3, 0.4) is 0 Å². The molecule has 3 rings (SSSR count). The van der Waals surface area contributed by atoms with E-state index in [0.717, 1.165) is 9.13 Å². The zero-order valence-electron chi connectivity index (χ0n) is 25.6. The van der Waals surface area contributed by atoms with Gasteiger partial charge in [0.25, 0.3) is 22.2 Å². The van der Waals surface area contributed by atoms with Crippen molar-refractivity contribution in [3.63, 3.8) is 0 Å². The predicted octanol–water partition coefficient (Wildman–Crippen LogP) is 2.79. The Morgan fingerprint density at radius 2 is 0.714 bits per heavy atom. The van der Waals surface area contributed by atoms with E-state index < -0.39 is 39.8 Å². The molecule has 0 aliphatic heterocycles. The fourth-order valence-corrected chi connectivity index (χ4v) is 10.6. The number of rotatable bonds is 20. The summed E-state index contributed by atoms with van der Waals surface area (Å²) < 4.78 is 37.5. The first kappa shape index (κ1) is 34.2. The highest BCUT2D eigenvalue weighted by Crippen LogP contribution is 2.21. The lowest BCUT2D eigenvalue weighted by Crippen LogP contribution is -2.46. The van der Waals surface area contributed by atoms with Crippen LogP contribution in [-0.4, -0.2) is 66.4 Å². The van der Waals surface area contributed by atoms with Gasteiger partial charge in [-0.25, -0.2) is 0 Å². The van der Waals surface area contributed by atoms with Crippen LogP contribution < -0.4 is 22.2 Å². The lowest BCUT2D eigenvalue weighted by Gasteiger charge is -2.28. The summed E-state index contributed by atoms with van der Waals surface area (Å²) in [7, 11) is -5.87. The number of hydrogen-bond donors (Lipinski definition) is 0. The number of benzene rings is 1. The van der Waals surface area contributed by atoms with Crippen LogP contribution >= 0.6 is 0 Å². The Morgan fingerprint density at radius 1 is 0.476 bits per heavy atom. The molecule has 42 heavy (non-hydrogen) atoms. The summed E-state index contributed by atoms with van der Waals surface area (Å²) >= 11 is 0.